The van der Waals surface area contributed by atoms with Crippen molar-refractivity contribution < 1.29 is 80.2 Å². The van der Waals surface area contributed by atoms with Crippen LogP contribution < -0.4 is 0 Å². The molecule has 0 heterocycles. The smallest absolute Gasteiger partial charge is 0.462 e. The third-order valence-electron chi connectivity index (χ3n) is 19.2. The van der Waals surface area contributed by atoms with Crippen LogP contribution in [0.4, 0.5) is 0 Å². The molecule has 594 valence electrons. The number of esters is 4. The van der Waals surface area contributed by atoms with Crippen LogP contribution in [-0.4, -0.2) is 96.7 Å². The summed E-state index contributed by atoms with van der Waals surface area (Å²) >= 11 is 0. The molecule has 0 aliphatic rings. The molecule has 0 aromatic carbocycles. The zero-order valence-corrected chi connectivity index (χ0v) is 67.6. The molecule has 0 aromatic rings. The van der Waals surface area contributed by atoms with Crippen LogP contribution in [0, 0.1) is 23.7 Å². The van der Waals surface area contributed by atoms with Gasteiger partial charge in [0.15, 0.2) is 12.2 Å². The Morgan fingerprint density at radius 1 is 0.280 bits per heavy atom. The van der Waals surface area contributed by atoms with Gasteiger partial charge < -0.3 is 33.8 Å². The Morgan fingerprint density at radius 3 is 0.710 bits per heavy atom. The Labute approximate surface area is 613 Å². The molecule has 3 unspecified atom stereocenters. The topological polar surface area (TPSA) is 237 Å². The molecule has 0 aromatic heterocycles. The zero-order valence-electron chi connectivity index (χ0n) is 65.8. The van der Waals surface area contributed by atoms with Crippen LogP contribution in [0.15, 0.2) is 0 Å². The SMILES string of the molecule is CCC(C)CCCCCCCCC(=O)OC[C@H](COP(=O)(O)OC[C@H](O)COP(=O)(O)OC[C@@H](COC(=O)CCCCCCCCCCCCCCCCCC(C)C)OC(=O)CCCCCCCCCCCCC(C)C)OC(=O)CCCCCCCCCCCCCCCCCCC(C)C. The summed E-state index contributed by atoms with van der Waals surface area (Å²) < 4.78 is 68.7. The summed E-state index contributed by atoms with van der Waals surface area (Å²) in [4.78, 5) is 73.0. The molecular weight excluding hydrogens is 1310 g/mol. The molecule has 0 fully saturated rings. The van der Waals surface area contributed by atoms with E-state index in [1.165, 1.54) is 212 Å². The van der Waals surface area contributed by atoms with E-state index in [1.54, 1.807) is 0 Å². The first kappa shape index (κ1) is 98.1. The summed E-state index contributed by atoms with van der Waals surface area (Å²) in [5.74, 6) is 0.983. The highest BCUT2D eigenvalue weighted by Crippen LogP contribution is 2.45. The highest BCUT2D eigenvalue weighted by Gasteiger charge is 2.30. The maximum Gasteiger partial charge on any atom is 0.472 e. The number of hydrogen-bond donors (Lipinski definition) is 3. The molecular formula is C81H158O17P2. The van der Waals surface area contributed by atoms with Crippen molar-refractivity contribution in [2.45, 2.75) is 433 Å². The van der Waals surface area contributed by atoms with Crippen LogP contribution in [-0.2, 0) is 65.4 Å². The molecule has 3 N–H and O–H groups in total. The van der Waals surface area contributed by atoms with Crippen LogP contribution in [0.25, 0.3) is 0 Å². The first-order valence-corrected chi connectivity index (χ1v) is 44.7. The third kappa shape index (κ3) is 73.0. The van der Waals surface area contributed by atoms with Gasteiger partial charge in [0.2, 0.25) is 0 Å². The number of phosphoric ester groups is 2. The Balaban J connectivity index is 5.21. The number of carbonyl (C=O) groups excluding carboxylic acids is 4. The number of phosphoric acid groups is 2. The molecule has 0 rings (SSSR count). The highest BCUT2D eigenvalue weighted by molar-refractivity contribution is 7.47. The number of unbranched alkanes of at least 4 members (excludes halogenated alkanes) is 43. The van der Waals surface area contributed by atoms with Gasteiger partial charge >= 0.3 is 39.5 Å². The van der Waals surface area contributed by atoms with Gasteiger partial charge in [-0.05, 0) is 49.4 Å². The molecule has 0 radical (unpaired) electrons. The molecule has 6 atom stereocenters. The number of aliphatic hydroxyl groups excluding tert-OH is 1. The van der Waals surface area contributed by atoms with Crippen LogP contribution in [0.2, 0.25) is 0 Å². The average Bonchev–Trinajstić information content (AvgIpc) is 0.954. The molecule has 0 aliphatic heterocycles. The van der Waals surface area contributed by atoms with Crippen molar-refractivity contribution in [1.82, 2.24) is 0 Å². The van der Waals surface area contributed by atoms with Crippen LogP contribution in [0.1, 0.15) is 415 Å². The monoisotopic (exact) mass is 1470 g/mol. The second kappa shape index (κ2) is 70.1. The molecule has 19 heteroatoms. The van der Waals surface area contributed by atoms with Gasteiger partial charge in [0.1, 0.15) is 19.3 Å². The van der Waals surface area contributed by atoms with Crippen molar-refractivity contribution >= 4 is 39.5 Å². The molecule has 0 aliphatic carbocycles. The van der Waals surface area contributed by atoms with Crippen LogP contribution in [0.3, 0.4) is 0 Å². The summed E-state index contributed by atoms with van der Waals surface area (Å²) in [5.41, 5.74) is 0. The second-order valence-corrected chi connectivity index (χ2v) is 33.7. The van der Waals surface area contributed by atoms with E-state index in [0.717, 1.165) is 120 Å². The van der Waals surface area contributed by atoms with E-state index in [0.29, 0.717) is 25.7 Å². The lowest BCUT2D eigenvalue weighted by Gasteiger charge is -2.21. The van der Waals surface area contributed by atoms with E-state index < -0.39 is 97.5 Å². The largest absolute Gasteiger partial charge is 0.472 e. The minimum Gasteiger partial charge on any atom is -0.462 e. The van der Waals surface area contributed by atoms with E-state index in [1.807, 2.05) is 0 Å². The van der Waals surface area contributed by atoms with Gasteiger partial charge in [0.25, 0.3) is 0 Å². The summed E-state index contributed by atoms with van der Waals surface area (Å²) in [5, 5.41) is 10.6. The lowest BCUT2D eigenvalue weighted by Crippen LogP contribution is -2.30. The fourth-order valence-corrected chi connectivity index (χ4v) is 14.0. The van der Waals surface area contributed by atoms with E-state index in [2.05, 4.69) is 55.4 Å². The number of hydrogen-bond acceptors (Lipinski definition) is 15. The lowest BCUT2D eigenvalue weighted by atomic mass is 10.00. The van der Waals surface area contributed by atoms with Crippen molar-refractivity contribution in [3.63, 3.8) is 0 Å². The van der Waals surface area contributed by atoms with Crippen molar-refractivity contribution in [2.24, 2.45) is 23.7 Å². The Hall–Kier alpha value is -1.94. The van der Waals surface area contributed by atoms with Crippen LogP contribution in [0.5, 0.6) is 0 Å². The molecule has 0 saturated heterocycles. The van der Waals surface area contributed by atoms with Crippen molar-refractivity contribution in [3.05, 3.63) is 0 Å². The van der Waals surface area contributed by atoms with Crippen molar-refractivity contribution in [2.75, 3.05) is 39.6 Å². The van der Waals surface area contributed by atoms with Gasteiger partial charge in [-0.15, -0.1) is 0 Å². The van der Waals surface area contributed by atoms with Gasteiger partial charge in [-0.1, -0.05) is 364 Å². The molecule has 0 amide bonds. The number of carbonyl (C=O) groups is 4. The highest BCUT2D eigenvalue weighted by atomic mass is 31.2. The molecule has 0 saturated carbocycles. The predicted molar refractivity (Wildman–Crippen MR) is 409 cm³/mol. The summed E-state index contributed by atoms with van der Waals surface area (Å²) in [6, 6.07) is 0. The number of ether oxygens (including phenoxy) is 4. The molecule has 0 spiro atoms. The normalized spacial score (nSPS) is 14.3. The van der Waals surface area contributed by atoms with Crippen molar-refractivity contribution in [1.29, 1.82) is 0 Å². The third-order valence-corrected chi connectivity index (χ3v) is 21.1. The summed E-state index contributed by atoms with van der Waals surface area (Å²) in [6.45, 7) is 14.3. The van der Waals surface area contributed by atoms with Gasteiger partial charge in [0.05, 0.1) is 26.4 Å². The first-order chi connectivity index (χ1) is 48.1. The Bertz CT molecular complexity index is 1960. The quantitative estimate of drug-likeness (QED) is 0.0222. The van der Waals surface area contributed by atoms with Gasteiger partial charge in [-0.25, -0.2) is 9.13 Å². The van der Waals surface area contributed by atoms with Gasteiger partial charge in [-0.2, -0.15) is 0 Å². The minimum absolute atomic E-state index is 0.106. The van der Waals surface area contributed by atoms with Crippen LogP contribution >= 0.6 is 15.6 Å². The lowest BCUT2D eigenvalue weighted by molar-refractivity contribution is -0.161. The summed E-state index contributed by atoms with van der Waals surface area (Å²) in [6.07, 6.45) is 56.9. The maximum atomic E-state index is 13.1. The fourth-order valence-electron chi connectivity index (χ4n) is 12.4. The summed E-state index contributed by atoms with van der Waals surface area (Å²) in [7, 11) is -9.92. The minimum atomic E-state index is -4.96. The number of aliphatic hydroxyl groups is 1. The predicted octanol–water partition coefficient (Wildman–Crippen LogP) is 24.0. The molecule has 100 heavy (non-hydrogen) atoms. The standard InChI is InChI=1S/C81H158O17P2/c1-9-74(8)60-52-44-39-40-46-54-62-79(84)92-68-77(98-80(85)63-55-47-37-31-24-20-15-11-10-13-17-21-27-33-41-49-57-71(2)3)70-96-100(89,90)94-66-75(82)65-93-99(87,88)95-69-76(97-81(86)64-56-48-38-32-26-25-29-35-43-51-59-73(6)7)67-91-78(83)61-53-45-36-30-23-19-16-12-14-18-22-28-34-42-50-58-72(4)5/h71-77,82H,9-70H2,1-8H3,(H,87,88)(H,89,90)/t74?,75-,76-,77-/m1/s1. The maximum absolute atomic E-state index is 13.1. The Morgan fingerprint density at radius 2 is 0.480 bits per heavy atom. The second-order valence-electron chi connectivity index (χ2n) is 30.8. The van der Waals surface area contributed by atoms with Gasteiger partial charge in [0, 0.05) is 25.7 Å². The first-order valence-electron chi connectivity index (χ1n) is 41.7. The molecule has 0 bridgehead atoms. The van der Waals surface area contributed by atoms with Crippen molar-refractivity contribution in [3.8, 4) is 0 Å². The van der Waals surface area contributed by atoms with E-state index >= 15 is 0 Å². The molecule has 17 nitrogen and oxygen atoms in total. The van der Waals surface area contributed by atoms with E-state index in [9.17, 15) is 43.2 Å². The average molecular weight is 1470 g/mol. The van der Waals surface area contributed by atoms with Gasteiger partial charge in [-0.3, -0.25) is 37.3 Å². The zero-order chi connectivity index (χ0) is 73.8. The number of rotatable bonds is 78. The fraction of sp³-hybridized carbons (Fsp3) is 0.951. The van der Waals surface area contributed by atoms with E-state index in [4.69, 9.17) is 37.0 Å². The Kier molecular flexibility index (Phi) is 68.7. The van der Waals surface area contributed by atoms with E-state index in [-0.39, 0.29) is 25.7 Å².